The van der Waals surface area contributed by atoms with Gasteiger partial charge in [0.05, 0.1) is 4.90 Å². The minimum Gasteiger partial charge on any atom is -0.373 e. The van der Waals surface area contributed by atoms with Gasteiger partial charge in [0.25, 0.3) is 15.9 Å². The fourth-order valence-electron chi connectivity index (χ4n) is 3.68. The Morgan fingerprint density at radius 2 is 2.00 bits per heavy atom. The third kappa shape index (κ3) is 4.97. The molecule has 1 amide bonds. The SMILES string of the molecule is O=C(CCc1cc(F)cc(Cl)c1)C1(O)CCN(c2ccc(S(=O)(=O)Nc3nccs3)cc2)C1=O. The summed E-state index contributed by atoms with van der Waals surface area (Å²) in [7, 11) is -3.86. The summed E-state index contributed by atoms with van der Waals surface area (Å²) in [6.07, 6.45) is 1.31. The molecule has 2 aromatic carbocycles. The Hall–Kier alpha value is -2.86. The summed E-state index contributed by atoms with van der Waals surface area (Å²) in [5.41, 5.74) is -1.37. The molecular formula is C22H19ClFN3O5S2. The van der Waals surface area contributed by atoms with Gasteiger partial charge in [-0.05, 0) is 54.4 Å². The van der Waals surface area contributed by atoms with Crippen LogP contribution in [0.4, 0.5) is 15.2 Å². The average molecular weight is 524 g/mol. The lowest BCUT2D eigenvalue weighted by Crippen LogP contribution is -2.47. The standard InChI is InChI=1S/C22H19ClFN3O5S2/c23-15-11-14(12-16(24)13-15)1-6-19(28)22(30)7-9-27(20(22)29)17-2-4-18(5-3-17)34(31,32)26-21-25-8-10-33-21/h2-5,8,10-13,30H,1,6-7,9H2,(H,25,26). The first-order chi connectivity index (χ1) is 16.1. The highest BCUT2D eigenvalue weighted by Gasteiger charge is 2.50. The normalized spacial score (nSPS) is 18.3. The molecule has 0 radical (unpaired) electrons. The largest absolute Gasteiger partial charge is 0.373 e. The highest BCUT2D eigenvalue weighted by Crippen LogP contribution is 2.31. The van der Waals surface area contributed by atoms with Crippen LogP contribution < -0.4 is 9.62 Å². The maximum Gasteiger partial charge on any atom is 0.266 e. The van der Waals surface area contributed by atoms with Crippen molar-refractivity contribution in [3.05, 3.63) is 70.4 Å². The molecule has 1 unspecified atom stereocenters. The number of sulfonamides is 1. The Balaban J connectivity index is 1.44. The van der Waals surface area contributed by atoms with E-state index in [-0.39, 0.29) is 40.9 Å². The number of thiazole rings is 1. The number of amides is 1. The number of carbonyl (C=O) groups excluding carboxylic acids is 2. The average Bonchev–Trinajstić information content (AvgIpc) is 3.39. The number of nitrogens with zero attached hydrogens (tertiary/aromatic N) is 2. The smallest absolute Gasteiger partial charge is 0.266 e. The summed E-state index contributed by atoms with van der Waals surface area (Å²) in [5, 5.41) is 12.9. The number of aromatic nitrogens is 1. The Kier molecular flexibility index (Phi) is 6.72. The summed E-state index contributed by atoms with van der Waals surface area (Å²) < 4.78 is 40.8. The fourth-order valence-corrected chi connectivity index (χ4v) is 5.72. The van der Waals surface area contributed by atoms with Crippen molar-refractivity contribution >= 4 is 55.5 Å². The van der Waals surface area contributed by atoms with Gasteiger partial charge in [-0.3, -0.25) is 14.3 Å². The first-order valence-corrected chi connectivity index (χ1v) is 12.9. The van der Waals surface area contributed by atoms with Crippen molar-refractivity contribution in [2.24, 2.45) is 0 Å². The monoisotopic (exact) mass is 523 g/mol. The van der Waals surface area contributed by atoms with Gasteiger partial charge in [-0.25, -0.2) is 17.8 Å². The van der Waals surface area contributed by atoms with Crippen LogP contribution in [-0.4, -0.2) is 42.3 Å². The van der Waals surface area contributed by atoms with E-state index in [4.69, 9.17) is 11.6 Å². The van der Waals surface area contributed by atoms with E-state index in [1.165, 1.54) is 47.5 Å². The molecule has 1 atom stereocenters. The van der Waals surface area contributed by atoms with Crippen LogP contribution in [0, 0.1) is 5.82 Å². The van der Waals surface area contributed by atoms with Gasteiger partial charge in [0.1, 0.15) is 5.82 Å². The number of anilines is 2. The molecule has 34 heavy (non-hydrogen) atoms. The molecule has 2 N–H and O–H groups in total. The zero-order valence-electron chi connectivity index (χ0n) is 17.6. The van der Waals surface area contributed by atoms with Crippen molar-refractivity contribution in [1.82, 2.24) is 4.98 Å². The Labute approximate surface area is 204 Å². The van der Waals surface area contributed by atoms with Crippen molar-refractivity contribution in [3.63, 3.8) is 0 Å². The Morgan fingerprint density at radius 3 is 2.65 bits per heavy atom. The molecule has 0 saturated carbocycles. The first kappa shape index (κ1) is 24.3. The maximum absolute atomic E-state index is 13.5. The number of benzene rings is 2. The molecule has 2 heterocycles. The van der Waals surface area contributed by atoms with Crippen LogP contribution in [0.3, 0.4) is 0 Å². The number of nitrogens with one attached hydrogen (secondary N) is 1. The van der Waals surface area contributed by atoms with Gasteiger partial charge in [0.2, 0.25) is 5.60 Å². The number of halogens is 2. The second-order valence-corrected chi connectivity index (χ2v) is 10.7. The quantitative estimate of drug-likeness (QED) is 0.437. The van der Waals surface area contributed by atoms with Gasteiger partial charge in [0, 0.05) is 41.7 Å². The number of carbonyl (C=O) groups is 2. The van der Waals surface area contributed by atoms with E-state index in [0.717, 1.165) is 17.4 Å². The van der Waals surface area contributed by atoms with E-state index in [9.17, 15) is 27.5 Å². The minimum atomic E-state index is -3.86. The Bertz CT molecular complexity index is 1310. The molecule has 178 valence electrons. The van der Waals surface area contributed by atoms with Crippen LogP contribution in [0.5, 0.6) is 0 Å². The van der Waals surface area contributed by atoms with E-state index in [2.05, 4.69) is 9.71 Å². The zero-order valence-corrected chi connectivity index (χ0v) is 20.0. The second kappa shape index (κ2) is 9.41. The number of ketones is 1. The molecule has 1 saturated heterocycles. The molecule has 8 nitrogen and oxygen atoms in total. The zero-order chi connectivity index (χ0) is 24.5. The van der Waals surface area contributed by atoms with Crippen LogP contribution in [0.15, 0.2) is 58.9 Å². The third-order valence-electron chi connectivity index (χ3n) is 5.43. The highest BCUT2D eigenvalue weighted by molar-refractivity contribution is 7.93. The van der Waals surface area contributed by atoms with Crippen molar-refractivity contribution in [2.45, 2.75) is 29.8 Å². The van der Waals surface area contributed by atoms with Crippen LogP contribution in [0.25, 0.3) is 0 Å². The molecule has 1 aliphatic heterocycles. The van der Waals surface area contributed by atoms with Gasteiger partial charge >= 0.3 is 0 Å². The number of aryl methyl sites for hydroxylation is 1. The van der Waals surface area contributed by atoms with Crippen molar-refractivity contribution in [2.75, 3.05) is 16.2 Å². The van der Waals surface area contributed by atoms with Crippen LogP contribution in [-0.2, 0) is 26.0 Å². The molecule has 4 rings (SSSR count). The van der Waals surface area contributed by atoms with Gasteiger partial charge in [-0.2, -0.15) is 0 Å². The van der Waals surface area contributed by atoms with Crippen LogP contribution >= 0.6 is 22.9 Å². The minimum absolute atomic E-state index is 0.0295. The summed E-state index contributed by atoms with van der Waals surface area (Å²) in [5.74, 6) is -2.00. The van der Waals surface area contributed by atoms with Gasteiger partial charge in [-0.1, -0.05) is 11.6 Å². The number of aliphatic hydroxyl groups is 1. The lowest BCUT2D eigenvalue weighted by molar-refractivity contribution is -0.147. The van der Waals surface area contributed by atoms with E-state index in [0.29, 0.717) is 11.3 Å². The van der Waals surface area contributed by atoms with E-state index in [1.807, 2.05) is 0 Å². The molecule has 0 aliphatic carbocycles. The lowest BCUT2D eigenvalue weighted by Gasteiger charge is -2.21. The van der Waals surface area contributed by atoms with Crippen molar-refractivity contribution < 1.29 is 27.5 Å². The third-order valence-corrected chi connectivity index (χ3v) is 7.82. The van der Waals surface area contributed by atoms with Crippen molar-refractivity contribution in [1.29, 1.82) is 0 Å². The number of rotatable bonds is 8. The molecule has 3 aromatic rings. The molecular weight excluding hydrogens is 505 g/mol. The molecule has 1 aromatic heterocycles. The van der Waals surface area contributed by atoms with E-state index in [1.54, 1.807) is 5.38 Å². The van der Waals surface area contributed by atoms with Gasteiger partial charge in [0.15, 0.2) is 10.9 Å². The van der Waals surface area contributed by atoms with Crippen molar-refractivity contribution in [3.8, 4) is 0 Å². The summed E-state index contributed by atoms with van der Waals surface area (Å²) in [6, 6.07) is 9.41. The number of hydrogen-bond donors (Lipinski definition) is 2. The molecule has 0 bridgehead atoms. The predicted octanol–water partition coefficient (Wildman–Crippen LogP) is 3.41. The molecule has 12 heteroatoms. The highest BCUT2D eigenvalue weighted by atomic mass is 35.5. The second-order valence-electron chi connectivity index (χ2n) is 7.70. The molecule has 0 spiro atoms. The predicted molar refractivity (Wildman–Crippen MR) is 126 cm³/mol. The lowest BCUT2D eigenvalue weighted by atomic mass is 9.92. The Morgan fingerprint density at radius 1 is 1.26 bits per heavy atom. The van der Waals surface area contributed by atoms with Gasteiger partial charge in [-0.15, -0.1) is 11.3 Å². The van der Waals surface area contributed by atoms with E-state index >= 15 is 0 Å². The summed E-state index contributed by atoms with van der Waals surface area (Å²) in [6.45, 7) is 0.0797. The van der Waals surface area contributed by atoms with Crippen LogP contribution in [0.2, 0.25) is 5.02 Å². The fraction of sp³-hybridized carbons (Fsp3) is 0.227. The number of hydrogen-bond acceptors (Lipinski definition) is 7. The topological polar surface area (TPSA) is 117 Å². The molecule has 1 aliphatic rings. The maximum atomic E-state index is 13.5. The number of Topliss-reactive ketones (excluding diaryl/α,β-unsaturated/α-hetero) is 1. The van der Waals surface area contributed by atoms with E-state index < -0.39 is 33.1 Å². The first-order valence-electron chi connectivity index (χ1n) is 10.1. The summed E-state index contributed by atoms with van der Waals surface area (Å²) >= 11 is 6.96. The summed E-state index contributed by atoms with van der Waals surface area (Å²) in [4.78, 5) is 30.7. The van der Waals surface area contributed by atoms with Gasteiger partial charge < -0.3 is 10.0 Å². The molecule has 1 fully saturated rings. The van der Waals surface area contributed by atoms with Crippen LogP contribution in [0.1, 0.15) is 18.4 Å².